The molecule has 0 amide bonds. The molecule has 0 bridgehead atoms. The number of ether oxygens (including phenoxy) is 2. The summed E-state index contributed by atoms with van der Waals surface area (Å²) in [7, 11) is 0. The van der Waals surface area contributed by atoms with E-state index in [9.17, 15) is 0 Å². The average molecular weight is 330 g/mol. The van der Waals surface area contributed by atoms with Gasteiger partial charge in [0.25, 0.3) is 0 Å². The molecular weight excluding hydrogens is 312 g/mol. The molecule has 4 N–H and O–H groups in total. The Kier molecular flexibility index (Phi) is 3.78. The van der Waals surface area contributed by atoms with Gasteiger partial charge in [0.1, 0.15) is 11.5 Å². The van der Waals surface area contributed by atoms with E-state index in [1.807, 2.05) is 60.7 Å². The summed E-state index contributed by atoms with van der Waals surface area (Å²) < 4.78 is 12.1. The maximum atomic E-state index is 6.05. The molecule has 0 unspecified atom stereocenters. The van der Waals surface area contributed by atoms with Crippen LogP contribution in [-0.2, 0) is 6.42 Å². The van der Waals surface area contributed by atoms with Crippen LogP contribution in [0.3, 0.4) is 0 Å². The Labute approximate surface area is 146 Å². The zero-order valence-electron chi connectivity index (χ0n) is 13.6. The fourth-order valence-corrected chi connectivity index (χ4v) is 2.75. The first-order valence-electron chi connectivity index (χ1n) is 8.08. The highest BCUT2D eigenvalue weighted by Crippen LogP contribution is 2.39. The highest BCUT2D eigenvalue weighted by Gasteiger charge is 2.15. The summed E-state index contributed by atoms with van der Waals surface area (Å²) in [5, 5.41) is 0. The molecule has 4 rings (SSSR count). The van der Waals surface area contributed by atoms with Crippen LogP contribution in [0.5, 0.6) is 23.0 Å². The van der Waals surface area contributed by atoms with Gasteiger partial charge in [0.05, 0.1) is 0 Å². The lowest BCUT2D eigenvalue weighted by molar-refractivity contribution is 0.418. The van der Waals surface area contributed by atoms with Crippen molar-refractivity contribution >= 4 is 17.5 Å². The second-order valence-electron chi connectivity index (χ2n) is 5.95. The Balaban J connectivity index is 1.69. The van der Waals surface area contributed by atoms with Crippen molar-refractivity contribution in [3.63, 3.8) is 0 Å². The third-order valence-corrected chi connectivity index (χ3v) is 4.06. The molecule has 124 valence electrons. The van der Waals surface area contributed by atoms with Gasteiger partial charge in [0.2, 0.25) is 0 Å². The fourth-order valence-electron chi connectivity index (χ4n) is 2.75. The number of hydrogen-bond donors (Lipinski definition) is 2. The molecule has 25 heavy (non-hydrogen) atoms. The van der Waals surface area contributed by atoms with E-state index in [2.05, 4.69) is 12.2 Å². The number of fused-ring (bicyclic) bond motifs is 1. The molecule has 0 saturated heterocycles. The van der Waals surface area contributed by atoms with Crippen LogP contribution in [0, 0.1) is 0 Å². The van der Waals surface area contributed by atoms with E-state index in [4.69, 9.17) is 20.9 Å². The molecule has 0 fully saturated rings. The lowest BCUT2D eigenvalue weighted by Crippen LogP contribution is -1.94. The minimum atomic E-state index is 0.659. The van der Waals surface area contributed by atoms with Gasteiger partial charge in [-0.25, -0.2) is 0 Å². The van der Waals surface area contributed by atoms with E-state index in [1.165, 1.54) is 5.56 Å². The molecule has 1 aliphatic carbocycles. The normalized spacial score (nSPS) is 12.0. The van der Waals surface area contributed by atoms with Crippen LogP contribution in [0.15, 0.2) is 66.7 Å². The number of rotatable bonds is 4. The average Bonchev–Trinajstić information content (AvgIpc) is 3.06. The summed E-state index contributed by atoms with van der Waals surface area (Å²) in [4.78, 5) is 0. The Morgan fingerprint density at radius 2 is 1.20 bits per heavy atom. The molecule has 0 atom stereocenters. The van der Waals surface area contributed by atoms with Crippen molar-refractivity contribution in [1.82, 2.24) is 0 Å². The zero-order chi connectivity index (χ0) is 17.2. The standard InChI is InChI=1S/C21H18N2O2/c22-16-4-8-18(9-5-16)24-20-12-14-2-1-3-15(14)13-21(20)25-19-10-6-17(23)7-11-19/h1-2,4-13H,3,22-23H2. The van der Waals surface area contributed by atoms with Gasteiger partial charge >= 0.3 is 0 Å². The third-order valence-electron chi connectivity index (χ3n) is 4.06. The number of hydrogen-bond acceptors (Lipinski definition) is 4. The second kappa shape index (κ2) is 6.24. The van der Waals surface area contributed by atoms with Gasteiger partial charge in [-0.05, 0) is 78.2 Å². The monoisotopic (exact) mass is 330 g/mol. The lowest BCUT2D eigenvalue weighted by Gasteiger charge is -2.15. The SMILES string of the molecule is Nc1ccc(Oc2cc3c(cc2Oc2ccc(N)cc2)CC=C3)cc1. The van der Waals surface area contributed by atoms with E-state index in [1.54, 1.807) is 0 Å². The van der Waals surface area contributed by atoms with Gasteiger partial charge in [-0.2, -0.15) is 0 Å². The first kappa shape index (κ1) is 15.1. The Bertz CT molecular complexity index is 929. The first-order chi connectivity index (χ1) is 12.2. The first-order valence-corrected chi connectivity index (χ1v) is 8.08. The van der Waals surface area contributed by atoms with Gasteiger partial charge in [-0.15, -0.1) is 0 Å². The van der Waals surface area contributed by atoms with Crippen LogP contribution in [-0.4, -0.2) is 0 Å². The smallest absolute Gasteiger partial charge is 0.170 e. The van der Waals surface area contributed by atoms with Crippen molar-refractivity contribution in [2.24, 2.45) is 0 Å². The van der Waals surface area contributed by atoms with Gasteiger partial charge in [-0.1, -0.05) is 12.2 Å². The molecule has 1 aliphatic rings. The van der Waals surface area contributed by atoms with Gasteiger partial charge in [-0.3, -0.25) is 0 Å². The highest BCUT2D eigenvalue weighted by atomic mass is 16.5. The number of benzene rings is 3. The second-order valence-corrected chi connectivity index (χ2v) is 5.95. The van der Waals surface area contributed by atoms with Crippen molar-refractivity contribution in [3.8, 4) is 23.0 Å². The summed E-state index contributed by atoms with van der Waals surface area (Å²) >= 11 is 0. The van der Waals surface area contributed by atoms with Gasteiger partial charge < -0.3 is 20.9 Å². The predicted octanol–water partition coefficient (Wildman–Crippen LogP) is 5.00. The van der Waals surface area contributed by atoms with Crippen LogP contribution in [0.2, 0.25) is 0 Å². The molecular formula is C21H18N2O2. The van der Waals surface area contributed by atoms with Crippen molar-refractivity contribution in [2.45, 2.75) is 6.42 Å². The van der Waals surface area contributed by atoms with Crippen LogP contribution in [0.1, 0.15) is 11.1 Å². The minimum Gasteiger partial charge on any atom is -0.453 e. The van der Waals surface area contributed by atoms with Crippen molar-refractivity contribution in [1.29, 1.82) is 0 Å². The lowest BCUT2D eigenvalue weighted by atomic mass is 10.1. The van der Waals surface area contributed by atoms with Crippen LogP contribution in [0.25, 0.3) is 6.08 Å². The maximum absolute atomic E-state index is 6.05. The highest BCUT2D eigenvalue weighted by molar-refractivity contribution is 5.65. The van der Waals surface area contributed by atoms with Crippen LogP contribution in [0.4, 0.5) is 11.4 Å². The number of nitrogens with two attached hydrogens (primary N) is 2. The predicted molar refractivity (Wildman–Crippen MR) is 101 cm³/mol. The molecule has 3 aromatic carbocycles. The minimum absolute atomic E-state index is 0.659. The third kappa shape index (κ3) is 3.28. The summed E-state index contributed by atoms with van der Waals surface area (Å²) in [6.07, 6.45) is 5.12. The largest absolute Gasteiger partial charge is 0.453 e. The van der Waals surface area contributed by atoms with E-state index in [0.717, 1.165) is 12.0 Å². The zero-order valence-corrected chi connectivity index (χ0v) is 13.6. The Morgan fingerprint density at radius 1 is 0.680 bits per heavy atom. The maximum Gasteiger partial charge on any atom is 0.170 e. The van der Waals surface area contributed by atoms with Crippen molar-refractivity contribution in [3.05, 3.63) is 77.9 Å². The van der Waals surface area contributed by atoms with E-state index in [-0.39, 0.29) is 0 Å². The topological polar surface area (TPSA) is 70.5 Å². The molecule has 4 heteroatoms. The summed E-state index contributed by atoms with van der Waals surface area (Å²) in [5.41, 5.74) is 15.2. The number of nitrogen functional groups attached to an aromatic ring is 2. The van der Waals surface area contributed by atoms with E-state index in [0.29, 0.717) is 34.4 Å². The fraction of sp³-hybridized carbons (Fsp3) is 0.0476. The molecule has 4 nitrogen and oxygen atoms in total. The molecule has 0 saturated carbocycles. The Hall–Kier alpha value is -3.40. The van der Waals surface area contributed by atoms with Gasteiger partial charge in [0.15, 0.2) is 11.5 Å². The van der Waals surface area contributed by atoms with E-state index < -0.39 is 0 Å². The quantitative estimate of drug-likeness (QED) is 0.660. The van der Waals surface area contributed by atoms with Crippen LogP contribution >= 0.6 is 0 Å². The van der Waals surface area contributed by atoms with Crippen molar-refractivity contribution in [2.75, 3.05) is 11.5 Å². The number of anilines is 2. The van der Waals surface area contributed by atoms with Crippen molar-refractivity contribution < 1.29 is 9.47 Å². The molecule has 0 heterocycles. The molecule has 0 aromatic heterocycles. The van der Waals surface area contributed by atoms with E-state index >= 15 is 0 Å². The molecule has 0 spiro atoms. The Morgan fingerprint density at radius 3 is 1.76 bits per heavy atom. The molecule has 3 aromatic rings. The molecule has 0 radical (unpaired) electrons. The van der Waals surface area contributed by atoms with Gasteiger partial charge in [0, 0.05) is 11.4 Å². The van der Waals surface area contributed by atoms with Crippen LogP contribution < -0.4 is 20.9 Å². The molecule has 0 aliphatic heterocycles. The summed E-state index contributed by atoms with van der Waals surface area (Å²) in [6, 6.07) is 18.6. The number of allylic oxidation sites excluding steroid dienone is 1. The summed E-state index contributed by atoms with van der Waals surface area (Å²) in [6.45, 7) is 0. The summed E-state index contributed by atoms with van der Waals surface area (Å²) in [5.74, 6) is 2.75.